The van der Waals surface area contributed by atoms with Crippen molar-refractivity contribution in [2.75, 3.05) is 13.1 Å². The average molecular weight is 352 g/mol. The fourth-order valence-corrected chi connectivity index (χ4v) is 3.26. The van der Waals surface area contributed by atoms with Crippen LogP contribution in [0.3, 0.4) is 0 Å². The van der Waals surface area contributed by atoms with Crippen LogP contribution in [0.1, 0.15) is 36.0 Å². The molecule has 0 radical (unpaired) electrons. The third-order valence-electron chi connectivity index (χ3n) is 4.73. The van der Waals surface area contributed by atoms with Gasteiger partial charge in [-0.2, -0.15) is 0 Å². The summed E-state index contributed by atoms with van der Waals surface area (Å²) in [7, 11) is 0. The van der Waals surface area contributed by atoms with Crippen molar-refractivity contribution in [2.24, 2.45) is 0 Å². The molecular weight excluding hydrogens is 327 g/mol. The molecule has 3 nitrogen and oxygen atoms in total. The van der Waals surface area contributed by atoms with Gasteiger partial charge in [-0.25, -0.2) is 4.39 Å². The topological polar surface area (TPSA) is 32.3 Å². The maximum atomic E-state index is 13.6. The van der Waals surface area contributed by atoms with Gasteiger partial charge in [0.2, 0.25) is 5.91 Å². The Labute approximate surface area is 154 Å². The second kappa shape index (κ2) is 9.30. The molecule has 1 heterocycles. The van der Waals surface area contributed by atoms with Gasteiger partial charge < -0.3 is 5.32 Å². The summed E-state index contributed by atoms with van der Waals surface area (Å²) in [5, 5.41) is 2.90. The molecule has 1 aliphatic rings. The molecule has 1 fully saturated rings. The van der Waals surface area contributed by atoms with Gasteiger partial charge in [0.15, 0.2) is 0 Å². The van der Waals surface area contributed by atoms with Gasteiger partial charge in [-0.05, 0) is 49.2 Å². The number of carbonyl (C=O) groups is 1. The molecule has 4 heteroatoms. The van der Waals surface area contributed by atoms with E-state index in [1.54, 1.807) is 18.2 Å². The normalized spacial score (nSPS) is 15.3. The fraction of sp³-hybridized carbons (Fsp3) is 0.318. The molecule has 0 bridgehead atoms. The molecule has 0 aliphatic carbocycles. The van der Waals surface area contributed by atoms with Crippen LogP contribution in [-0.4, -0.2) is 23.9 Å². The zero-order valence-corrected chi connectivity index (χ0v) is 15.0. The lowest BCUT2D eigenvalue weighted by atomic mass is 10.0. The van der Waals surface area contributed by atoms with Crippen LogP contribution in [0, 0.1) is 5.82 Å². The van der Waals surface area contributed by atoms with E-state index in [-0.39, 0.29) is 11.7 Å². The third-order valence-corrected chi connectivity index (χ3v) is 4.73. The largest absolute Gasteiger partial charge is 0.348 e. The Hall–Kier alpha value is -2.46. The lowest BCUT2D eigenvalue weighted by molar-refractivity contribution is -0.116. The Balaban J connectivity index is 1.57. The molecule has 0 unspecified atom stereocenters. The molecule has 136 valence electrons. The van der Waals surface area contributed by atoms with Gasteiger partial charge >= 0.3 is 0 Å². The fourth-order valence-electron chi connectivity index (χ4n) is 3.26. The van der Waals surface area contributed by atoms with E-state index in [1.807, 2.05) is 12.1 Å². The van der Waals surface area contributed by atoms with Crippen LogP contribution >= 0.6 is 0 Å². The zero-order chi connectivity index (χ0) is 18.2. The monoisotopic (exact) mass is 352 g/mol. The number of hydrogen-bond donors (Lipinski definition) is 1. The van der Waals surface area contributed by atoms with Gasteiger partial charge in [0, 0.05) is 24.7 Å². The number of hydrogen-bond acceptors (Lipinski definition) is 2. The molecule has 2 aromatic carbocycles. The Morgan fingerprint density at radius 1 is 1.00 bits per heavy atom. The van der Waals surface area contributed by atoms with Crippen molar-refractivity contribution in [2.45, 2.75) is 32.4 Å². The van der Waals surface area contributed by atoms with Crippen molar-refractivity contribution in [3.63, 3.8) is 0 Å². The second-order valence-electron chi connectivity index (χ2n) is 6.68. The maximum Gasteiger partial charge on any atom is 0.244 e. The predicted molar refractivity (Wildman–Crippen MR) is 103 cm³/mol. The number of piperidine rings is 1. The molecule has 0 aromatic heterocycles. The maximum absolute atomic E-state index is 13.6. The van der Waals surface area contributed by atoms with E-state index in [1.165, 1.54) is 43.0 Å². The number of amides is 1. The molecule has 0 spiro atoms. The van der Waals surface area contributed by atoms with Crippen LogP contribution in [-0.2, 0) is 17.9 Å². The highest BCUT2D eigenvalue weighted by molar-refractivity contribution is 5.91. The van der Waals surface area contributed by atoms with E-state index in [4.69, 9.17) is 0 Å². The minimum absolute atomic E-state index is 0.221. The first kappa shape index (κ1) is 18.3. The van der Waals surface area contributed by atoms with Crippen LogP contribution in [0.15, 0.2) is 54.6 Å². The van der Waals surface area contributed by atoms with Crippen LogP contribution in [0.25, 0.3) is 6.08 Å². The second-order valence-corrected chi connectivity index (χ2v) is 6.68. The minimum Gasteiger partial charge on any atom is -0.348 e. The van der Waals surface area contributed by atoms with Gasteiger partial charge in [0.05, 0.1) is 0 Å². The third kappa shape index (κ3) is 5.27. The Morgan fingerprint density at radius 2 is 1.69 bits per heavy atom. The molecule has 3 rings (SSSR count). The quantitative estimate of drug-likeness (QED) is 0.793. The molecule has 1 amide bonds. The highest BCUT2D eigenvalue weighted by atomic mass is 19.1. The lowest BCUT2D eigenvalue weighted by Crippen LogP contribution is -2.30. The van der Waals surface area contributed by atoms with E-state index in [2.05, 4.69) is 22.3 Å². The summed E-state index contributed by atoms with van der Waals surface area (Å²) >= 11 is 0. The van der Waals surface area contributed by atoms with E-state index < -0.39 is 0 Å². The molecule has 2 aromatic rings. The van der Waals surface area contributed by atoms with Crippen molar-refractivity contribution in [3.05, 3.63) is 77.1 Å². The number of rotatable bonds is 6. The Bertz CT molecular complexity index is 766. The van der Waals surface area contributed by atoms with Crippen molar-refractivity contribution in [3.8, 4) is 0 Å². The smallest absolute Gasteiger partial charge is 0.244 e. The van der Waals surface area contributed by atoms with Gasteiger partial charge in [-0.1, -0.05) is 48.9 Å². The first-order chi connectivity index (χ1) is 12.7. The lowest BCUT2D eigenvalue weighted by Gasteiger charge is -2.27. The van der Waals surface area contributed by atoms with Crippen LogP contribution in [0.2, 0.25) is 0 Å². The van der Waals surface area contributed by atoms with Crippen molar-refractivity contribution >= 4 is 12.0 Å². The van der Waals surface area contributed by atoms with E-state index in [9.17, 15) is 9.18 Å². The van der Waals surface area contributed by atoms with Crippen LogP contribution in [0.5, 0.6) is 0 Å². The number of halogens is 1. The highest BCUT2D eigenvalue weighted by Crippen LogP contribution is 2.16. The molecule has 1 saturated heterocycles. The summed E-state index contributed by atoms with van der Waals surface area (Å²) in [5.41, 5.74) is 2.80. The number of nitrogens with one attached hydrogen (secondary N) is 1. The Morgan fingerprint density at radius 3 is 2.46 bits per heavy atom. The van der Waals surface area contributed by atoms with Crippen LogP contribution in [0.4, 0.5) is 4.39 Å². The summed E-state index contributed by atoms with van der Waals surface area (Å²) in [6, 6.07) is 14.6. The highest BCUT2D eigenvalue weighted by Gasteiger charge is 2.12. The van der Waals surface area contributed by atoms with Crippen molar-refractivity contribution in [1.29, 1.82) is 0 Å². The molecule has 0 atom stereocenters. The van der Waals surface area contributed by atoms with E-state index >= 15 is 0 Å². The number of nitrogens with zero attached hydrogens (tertiary/aromatic N) is 1. The van der Waals surface area contributed by atoms with E-state index in [0.29, 0.717) is 12.1 Å². The zero-order valence-electron chi connectivity index (χ0n) is 15.0. The molecule has 1 aliphatic heterocycles. The average Bonchev–Trinajstić information content (AvgIpc) is 2.67. The predicted octanol–water partition coefficient (Wildman–Crippen LogP) is 4.14. The summed E-state index contributed by atoms with van der Waals surface area (Å²) < 4.78 is 13.6. The SMILES string of the molecule is O=C(/C=C/c1ccccc1F)NCc1ccccc1CN1CCCCC1. The number of carbonyl (C=O) groups excluding carboxylic acids is 1. The van der Waals surface area contributed by atoms with Gasteiger partial charge in [0.25, 0.3) is 0 Å². The summed E-state index contributed by atoms with van der Waals surface area (Å²) in [6.45, 7) is 3.69. The molecule has 1 N–H and O–H groups in total. The van der Waals surface area contributed by atoms with Gasteiger partial charge in [-0.15, -0.1) is 0 Å². The van der Waals surface area contributed by atoms with Crippen LogP contribution < -0.4 is 5.32 Å². The summed E-state index contributed by atoms with van der Waals surface area (Å²) in [5.74, 6) is -0.551. The summed E-state index contributed by atoms with van der Waals surface area (Å²) in [6.07, 6.45) is 6.73. The molecule has 0 saturated carbocycles. The first-order valence-electron chi connectivity index (χ1n) is 9.22. The molecule has 26 heavy (non-hydrogen) atoms. The Kier molecular flexibility index (Phi) is 6.56. The number of likely N-dealkylation sites (tertiary alicyclic amines) is 1. The first-order valence-corrected chi connectivity index (χ1v) is 9.22. The van der Waals surface area contributed by atoms with Gasteiger partial charge in [-0.3, -0.25) is 9.69 Å². The minimum atomic E-state index is -0.330. The summed E-state index contributed by atoms with van der Waals surface area (Å²) in [4.78, 5) is 14.5. The standard InChI is InChI=1S/C22H25FN2O/c23-21-11-5-4-8-18(21)12-13-22(26)24-16-19-9-2-3-10-20(19)17-25-14-6-1-7-15-25/h2-5,8-13H,1,6-7,14-17H2,(H,24,26)/b13-12+. The van der Waals surface area contributed by atoms with Crippen molar-refractivity contribution < 1.29 is 9.18 Å². The number of benzene rings is 2. The van der Waals surface area contributed by atoms with Crippen molar-refractivity contribution in [1.82, 2.24) is 10.2 Å². The molecular formula is C22H25FN2O. The van der Waals surface area contributed by atoms with E-state index in [0.717, 1.165) is 25.2 Å². The van der Waals surface area contributed by atoms with Gasteiger partial charge in [0.1, 0.15) is 5.82 Å².